The van der Waals surface area contributed by atoms with Gasteiger partial charge in [0.15, 0.2) is 0 Å². The van der Waals surface area contributed by atoms with E-state index < -0.39 is 5.97 Å². The number of H-pyrrole nitrogens is 1. The van der Waals surface area contributed by atoms with Crippen molar-refractivity contribution in [3.05, 3.63) is 35.7 Å². The number of rotatable bonds is 6. The number of nitrogens with one attached hydrogen (secondary N) is 1. The molecule has 1 aromatic carbocycles. The van der Waals surface area contributed by atoms with Crippen LogP contribution in [0.4, 0.5) is 0 Å². The first kappa shape index (κ1) is 14.1. The topological polar surface area (TPSA) is 75.2 Å². The van der Waals surface area contributed by atoms with Gasteiger partial charge >= 0.3 is 5.97 Å². The summed E-state index contributed by atoms with van der Waals surface area (Å²) in [5.41, 5.74) is 2.23. The summed E-state index contributed by atoms with van der Waals surface area (Å²) < 4.78 is 5.58. The minimum absolute atomic E-state index is 0.0750. The molecule has 5 nitrogen and oxygen atoms in total. The maximum atomic E-state index is 10.8. The molecule has 0 fully saturated rings. The average molecular weight is 274 g/mol. The predicted octanol–water partition coefficient (Wildman–Crippen LogP) is 2.80. The molecule has 1 heterocycles. The predicted molar refractivity (Wildman–Crippen MR) is 75.9 cm³/mol. The lowest BCUT2D eigenvalue weighted by molar-refractivity contribution is -0.136. The first-order valence-electron chi connectivity index (χ1n) is 6.60. The lowest BCUT2D eigenvalue weighted by Crippen LogP contribution is -2.01. The number of hydrogen-bond donors (Lipinski definition) is 2. The number of aryl methyl sites for hydroxylation is 1. The van der Waals surface area contributed by atoms with E-state index in [0.717, 1.165) is 23.4 Å². The van der Waals surface area contributed by atoms with Crippen molar-refractivity contribution >= 4 is 5.97 Å². The summed E-state index contributed by atoms with van der Waals surface area (Å²) in [5, 5.41) is 8.84. The summed E-state index contributed by atoms with van der Waals surface area (Å²) >= 11 is 0. The zero-order valence-corrected chi connectivity index (χ0v) is 11.6. The molecule has 0 spiro atoms. The molecule has 0 radical (unpaired) electrons. The van der Waals surface area contributed by atoms with Crippen LogP contribution in [0.15, 0.2) is 24.3 Å². The summed E-state index contributed by atoms with van der Waals surface area (Å²) in [6, 6.07) is 7.61. The van der Waals surface area contributed by atoms with Crippen molar-refractivity contribution in [3.8, 4) is 17.1 Å². The van der Waals surface area contributed by atoms with Crippen LogP contribution in [0.3, 0.4) is 0 Å². The Morgan fingerprint density at radius 3 is 2.95 bits per heavy atom. The molecule has 0 aliphatic carbocycles. The molecule has 2 aromatic rings. The normalized spacial score (nSPS) is 10.5. The number of aromatic nitrogens is 2. The smallest absolute Gasteiger partial charge is 0.309 e. The van der Waals surface area contributed by atoms with Gasteiger partial charge in [-0.1, -0.05) is 19.1 Å². The maximum absolute atomic E-state index is 10.8. The summed E-state index contributed by atoms with van der Waals surface area (Å²) in [6.07, 6.45) is 0.876. The molecule has 0 saturated carbocycles. The number of carboxylic acids is 1. The third-order valence-corrected chi connectivity index (χ3v) is 2.88. The third kappa shape index (κ3) is 3.38. The van der Waals surface area contributed by atoms with E-state index in [-0.39, 0.29) is 6.42 Å². The SMILES string of the molecule is CCCOc1cccc(-c2nc(CC(=O)O)c(C)[nH]2)c1. The quantitative estimate of drug-likeness (QED) is 0.849. The fourth-order valence-electron chi connectivity index (χ4n) is 1.90. The highest BCUT2D eigenvalue weighted by Crippen LogP contribution is 2.23. The Balaban J connectivity index is 2.25. The Morgan fingerprint density at radius 1 is 1.45 bits per heavy atom. The number of carboxylic acid groups (broad SMARTS) is 1. The molecule has 0 aliphatic heterocycles. The largest absolute Gasteiger partial charge is 0.494 e. The molecule has 0 saturated heterocycles. The van der Waals surface area contributed by atoms with Crippen LogP contribution >= 0.6 is 0 Å². The maximum Gasteiger partial charge on any atom is 0.309 e. The number of ether oxygens (including phenoxy) is 1. The Bertz CT molecular complexity index is 605. The lowest BCUT2D eigenvalue weighted by Gasteiger charge is -2.05. The zero-order valence-electron chi connectivity index (χ0n) is 11.6. The van der Waals surface area contributed by atoms with Crippen molar-refractivity contribution < 1.29 is 14.6 Å². The van der Waals surface area contributed by atoms with Crippen LogP contribution in [0.5, 0.6) is 5.75 Å². The van der Waals surface area contributed by atoms with E-state index in [9.17, 15) is 4.79 Å². The number of aliphatic carboxylic acids is 1. The number of hydrogen-bond acceptors (Lipinski definition) is 3. The van der Waals surface area contributed by atoms with E-state index in [1.807, 2.05) is 31.2 Å². The Labute approximate surface area is 117 Å². The minimum atomic E-state index is -0.883. The molecule has 106 valence electrons. The molecule has 2 rings (SSSR count). The number of nitrogens with zero attached hydrogens (tertiary/aromatic N) is 1. The fourth-order valence-corrected chi connectivity index (χ4v) is 1.90. The average Bonchev–Trinajstić information content (AvgIpc) is 2.77. The van der Waals surface area contributed by atoms with Crippen LogP contribution in [-0.2, 0) is 11.2 Å². The Hall–Kier alpha value is -2.30. The first-order chi connectivity index (χ1) is 9.60. The molecule has 0 aliphatic rings. The highest BCUT2D eigenvalue weighted by Gasteiger charge is 2.11. The molecular formula is C15H18N2O3. The Morgan fingerprint density at radius 2 is 2.25 bits per heavy atom. The first-order valence-corrected chi connectivity index (χ1v) is 6.60. The van der Waals surface area contributed by atoms with Gasteiger partial charge in [0.25, 0.3) is 0 Å². The van der Waals surface area contributed by atoms with Crippen LogP contribution in [0.1, 0.15) is 24.7 Å². The summed E-state index contributed by atoms with van der Waals surface area (Å²) in [5.74, 6) is 0.574. The highest BCUT2D eigenvalue weighted by molar-refractivity contribution is 5.70. The van der Waals surface area contributed by atoms with Gasteiger partial charge in [-0.15, -0.1) is 0 Å². The molecule has 5 heteroatoms. The van der Waals surface area contributed by atoms with E-state index in [1.165, 1.54) is 0 Å². The van der Waals surface area contributed by atoms with Crippen LogP contribution in [0.2, 0.25) is 0 Å². The van der Waals surface area contributed by atoms with E-state index in [4.69, 9.17) is 9.84 Å². The molecule has 0 amide bonds. The van der Waals surface area contributed by atoms with Crippen LogP contribution in [0.25, 0.3) is 11.4 Å². The van der Waals surface area contributed by atoms with Gasteiger partial charge in [0.2, 0.25) is 0 Å². The van der Waals surface area contributed by atoms with Gasteiger partial charge in [0.1, 0.15) is 11.6 Å². The van der Waals surface area contributed by atoms with Gasteiger partial charge < -0.3 is 14.8 Å². The molecule has 1 aromatic heterocycles. The molecule has 0 unspecified atom stereocenters. The molecule has 2 N–H and O–H groups in total. The second-order valence-corrected chi connectivity index (χ2v) is 4.60. The van der Waals surface area contributed by atoms with Crippen LogP contribution in [-0.4, -0.2) is 27.7 Å². The Kier molecular flexibility index (Phi) is 4.40. The van der Waals surface area contributed by atoms with Crippen molar-refractivity contribution in [2.75, 3.05) is 6.61 Å². The number of aromatic amines is 1. The van der Waals surface area contributed by atoms with E-state index in [2.05, 4.69) is 16.9 Å². The van der Waals surface area contributed by atoms with Gasteiger partial charge in [-0.05, 0) is 25.5 Å². The van der Waals surface area contributed by atoms with Gasteiger partial charge in [-0.3, -0.25) is 4.79 Å². The number of imidazole rings is 1. The van der Waals surface area contributed by atoms with Gasteiger partial charge in [0.05, 0.1) is 18.7 Å². The van der Waals surface area contributed by atoms with Crippen LogP contribution < -0.4 is 4.74 Å². The van der Waals surface area contributed by atoms with Crippen molar-refractivity contribution in [2.45, 2.75) is 26.7 Å². The summed E-state index contributed by atoms with van der Waals surface area (Å²) in [6.45, 7) is 4.55. The minimum Gasteiger partial charge on any atom is -0.494 e. The highest BCUT2D eigenvalue weighted by atomic mass is 16.5. The van der Waals surface area contributed by atoms with Gasteiger partial charge in [-0.25, -0.2) is 4.98 Å². The third-order valence-electron chi connectivity index (χ3n) is 2.88. The lowest BCUT2D eigenvalue weighted by atomic mass is 10.2. The monoisotopic (exact) mass is 274 g/mol. The van der Waals surface area contributed by atoms with Crippen molar-refractivity contribution in [2.24, 2.45) is 0 Å². The second-order valence-electron chi connectivity index (χ2n) is 4.60. The van der Waals surface area contributed by atoms with Crippen molar-refractivity contribution in [3.63, 3.8) is 0 Å². The van der Waals surface area contributed by atoms with E-state index >= 15 is 0 Å². The summed E-state index contributed by atoms with van der Waals surface area (Å²) in [4.78, 5) is 18.2. The standard InChI is InChI=1S/C15H18N2O3/c1-3-7-20-12-6-4-5-11(8-12)15-16-10(2)13(17-15)9-14(18)19/h4-6,8H,3,7,9H2,1-2H3,(H,16,17)(H,18,19). The van der Waals surface area contributed by atoms with Crippen LogP contribution in [0, 0.1) is 6.92 Å². The van der Waals surface area contributed by atoms with Gasteiger partial charge in [-0.2, -0.15) is 0 Å². The number of carbonyl (C=O) groups is 1. The zero-order chi connectivity index (χ0) is 14.5. The van der Waals surface area contributed by atoms with Gasteiger partial charge in [0, 0.05) is 11.3 Å². The molecule has 0 bridgehead atoms. The molecule has 20 heavy (non-hydrogen) atoms. The van der Waals surface area contributed by atoms with E-state index in [0.29, 0.717) is 18.1 Å². The van der Waals surface area contributed by atoms with E-state index in [1.54, 1.807) is 0 Å². The second kappa shape index (κ2) is 6.23. The fraction of sp³-hybridized carbons (Fsp3) is 0.333. The molecular weight excluding hydrogens is 256 g/mol. The summed E-state index contributed by atoms with van der Waals surface area (Å²) in [7, 11) is 0. The molecule has 0 atom stereocenters. The van der Waals surface area contributed by atoms with Crippen molar-refractivity contribution in [1.82, 2.24) is 9.97 Å². The van der Waals surface area contributed by atoms with Crippen molar-refractivity contribution in [1.29, 1.82) is 0 Å². The number of benzene rings is 1.